The maximum Gasteiger partial charge on any atom is 0.211 e. The maximum atomic E-state index is 12.0. The van der Waals surface area contributed by atoms with E-state index in [2.05, 4.69) is 18.6 Å². The minimum Gasteiger partial charge on any atom is -0.215 e. The molecule has 0 fully saturated rings. The van der Waals surface area contributed by atoms with E-state index in [4.69, 9.17) is 0 Å². The van der Waals surface area contributed by atoms with Crippen molar-refractivity contribution < 1.29 is 8.42 Å². The summed E-state index contributed by atoms with van der Waals surface area (Å²) in [5.41, 5.74) is 0. The number of hydrogen-bond acceptors (Lipinski definition) is 2. The Kier molecular flexibility index (Phi) is 21.5. The van der Waals surface area contributed by atoms with Crippen LogP contribution >= 0.6 is 0 Å². The van der Waals surface area contributed by atoms with E-state index in [1.807, 2.05) is 0 Å². The topological polar surface area (TPSA) is 46.2 Å². The van der Waals surface area contributed by atoms with E-state index in [9.17, 15) is 8.42 Å². The van der Waals surface area contributed by atoms with E-state index in [0.717, 1.165) is 25.7 Å². The second kappa shape index (κ2) is 21.6. The van der Waals surface area contributed by atoms with E-state index in [1.165, 1.54) is 103 Å². The highest BCUT2D eigenvalue weighted by atomic mass is 32.2. The predicted molar refractivity (Wildman–Crippen MR) is 125 cm³/mol. The Hall–Kier alpha value is -0.0900. The lowest BCUT2D eigenvalue weighted by atomic mass is 10.1. The molecule has 28 heavy (non-hydrogen) atoms. The highest BCUT2D eigenvalue weighted by Crippen LogP contribution is 2.12. The Morgan fingerprint density at radius 3 is 1.18 bits per heavy atom. The van der Waals surface area contributed by atoms with Crippen LogP contribution in [0, 0.1) is 0 Å². The van der Waals surface area contributed by atoms with Crippen LogP contribution in [0.3, 0.4) is 0 Å². The van der Waals surface area contributed by atoms with Crippen LogP contribution in [0.5, 0.6) is 0 Å². The van der Waals surface area contributed by atoms with Gasteiger partial charge >= 0.3 is 0 Å². The third-order valence-corrected chi connectivity index (χ3v) is 7.09. The predicted octanol–water partition coefficient (Wildman–Crippen LogP) is 7.75. The van der Waals surface area contributed by atoms with Crippen LogP contribution in [0.25, 0.3) is 0 Å². The molecule has 0 spiro atoms. The van der Waals surface area contributed by atoms with Gasteiger partial charge in [0, 0.05) is 6.54 Å². The molecule has 1 N–H and O–H groups in total. The molecule has 4 heteroatoms. The van der Waals surface area contributed by atoms with Gasteiger partial charge in [-0.15, -0.1) is 0 Å². The van der Waals surface area contributed by atoms with Crippen molar-refractivity contribution >= 4 is 10.0 Å². The fraction of sp³-hybridized carbons (Fsp3) is 1.00. The minimum absolute atomic E-state index is 0.307. The first-order chi connectivity index (χ1) is 13.6. The second-order valence-electron chi connectivity index (χ2n) is 8.58. The van der Waals surface area contributed by atoms with Gasteiger partial charge in [-0.25, -0.2) is 13.1 Å². The van der Waals surface area contributed by atoms with Gasteiger partial charge in [0.15, 0.2) is 0 Å². The van der Waals surface area contributed by atoms with Crippen LogP contribution < -0.4 is 4.72 Å². The number of nitrogens with one attached hydrogen (secondary N) is 1. The molecule has 0 rings (SSSR count). The summed E-state index contributed by atoms with van der Waals surface area (Å²) >= 11 is 0. The van der Waals surface area contributed by atoms with Gasteiger partial charge in [0.25, 0.3) is 0 Å². The lowest BCUT2D eigenvalue weighted by Gasteiger charge is -2.07. The largest absolute Gasteiger partial charge is 0.215 e. The van der Waals surface area contributed by atoms with Crippen LogP contribution in [0.15, 0.2) is 0 Å². The van der Waals surface area contributed by atoms with Gasteiger partial charge in [0.1, 0.15) is 0 Å². The molecule has 0 heterocycles. The molecule has 0 amide bonds. The fourth-order valence-electron chi connectivity index (χ4n) is 3.69. The molecule has 170 valence electrons. The highest BCUT2D eigenvalue weighted by Gasteiger charge is 2.08. The van der Waals surface area contributed by atoms with Gasteiger partial charge < -0.3 is 0 Å². The smallest absolute Gasteiger partial charge is 0.211 e. The number of unbranched alkanes of at least 4 members (excludes halogenated alkanes) is 18. The van der Waals surface area contributed by atoms with Gasteiger partial charge in [-0.2, -0.15) is 0 Å². The summed E-state index contributed by atoms with van der Waals surface area (Å²) in [6, 6.07) is 0. The van der Waals surface area contributed by atoms with Crippen LogP contribution in [0.4, 0.5) is 0 Å². The standard InChI is InChI=1S/C24H51NO2S/c1-3-5-7-9-11-13-15-17-19-21-23-25-28(26,27)24-22-20-18-16-14-12-10-8-6-4-2/h25H,3-24H2,1-2H3. The highest BCUT2D eigenvalue weighted by molar-refractivity contribution is 7.89. The molecule has 0 aromatic rings. The molecular formula is C24H51NO2S. The molecule has 3 nitrogen and oxygen atoms in total. The van der Waals surface area contributed by atoms with Crippen LogP contribution in [-0.4, -0.2) is 20.7 Å². The number of sulfonamides is 1. The van der Waals surface area contributed by atoms with E-state index >= 15 is 0 Å². The zero-order chi connectivity index (χ0) is 20.8. The zero-order valence-corrected chi connectivity index (χ0v) is 20.1. The SMILES string of the molecule is CCCCCCCCCCCCNS(=O)(=O)CCCCCCCCCCCC. The van der Waals surface area contributed by atoms with Crippen molar-refractivity contribution in [3.63, 3.8) is 0 Å². The Morgan fingerprint density at radius 2 is 0.786 bits per heavy atom. The summed E-state index contributed by atoms with van der Waals surface area (Å²) in [7, 11) is -3.05. The normalized spacial score (nSPS) is 11.9. The first kappa shape index (κ1) is 27.9. The molecule has 0 saturated carbocycles. The molecule has 0 atom stereocenters. The van der Waals surface area contributed by atoms with Crippen molar-refractivity contribution in [1.29, 1.82) is 0 Å². The van der Waals surface area contributed by atoms with Gasteiger partial charge in [0.05, 0.1) is 5.75 Å². The first-order valence-electron chi connectivity index (χ1n) is 12.6. The molecule has 0 radical (unpaired) electrons. The van der Waals surface area contributed by atoms with Crippen molar-refractivity contribution in [3.8, 4) is 0 Å². The van der Waals surface area contributed by atoms with Gasteiger partial charge in [-0.3, -0.25) is 0 Å². The number of hydrogen-bond donors (Lipinski definition) is 1. The van der Waals surface area contributed by atoms with Crippen molar-refractivity contribution in [1.82, 2.24) is 4.72 Å². The summed E-state index contributed by atoms with van der Waals surface area (Å²) < 4.78 is 26.8. The molecule has 0 aromatic heterocycles. The molecule has 0 aromatic carbocycles. The summed E-state index contributed by atoms with van der Waals surface area (Å²) in [6.45, 7) is 5.13. The lowest BCUT2D eigenvalue weighted by Crippen LogP contribution is -2.27. The summed E-state index contributed by atoms with van der Waals surface area (Å²) in [6.07, 6.45) is 25.2. The molecule has 0 saturated heterocycles. The molecule has 0 aliphatic carbocycles. The monoisotopic (exact) mass is 417 g/mol. The van der Waals surface area contributed by atoms with Crippen LogP contribution in [0.1, 0.15) is 142 Å². The van der Waals surface area contributed by atoms with E-state index in [-0.39, 0.29) is 0 Å². The maximum absolute atomic E-state index is 12.0. The average Bonchev–Trinajstić information content (AvgIpc) is 2.67. The van der Waals surface area contributed by atoms with Crippen LogP contribution in [-0.2, 0) is 10.0 Å². The molecular weight excluding hydrogens is 366 g/mol. The molecule has 0 unspecified atom stereocenters. The van der Waals surface area contributed by atoms with Crippen LogP contribution in [0.2, 0.25) is 0 Å². The molecule has 0 aliphatic rings. The van der Waals surface area contributed by atoms with E-state index in [1.54, 1.807) is 0 Å². The van der Waals surface area contributed by atoms with Crippen molar-refractivity contribution in [2.75, 3.05) is 12.3 Å². The molecule has 0 bridgehead atoms. The quantitative estimate of drug-likeness (QED) is 0.173. The fourth-order valence-corrected chi connectivity index (χ4v) is 4.88. The second-order valence-corrected chi connectivity index (χ2v) is 10.5. The van der Waals surface area contributed by atoms with Gasteiger partial charge in [0.2, 0.25) is 10.0 Å². The summed E-state index contributed by atoms with van der Waals surface area (Å²) in [5, 5.41) is 0. The van der Waals surface area contributed by atoms with Crippen molar-refractivity contribution in [2.24, 2.45) is 0 Å². The summed E-state index contributed by atoms with van der Waals surface area (Å²) in [5.74, 6) is 0.307. The lowest BCUT2D eigenvalue weighted by molar-refractivity contribution is 0.544. The Labute approximate surface area is 177 Å². The van der Waals surface area contributed by atoms with Gasteiger partial charge in [-0.1, -0.05) is 129 Å². The Balaban J connectivity index is 3.33. The molecule has 0 aliphatic heterocycles. The third-order valence-electron chi connectivity index (χ3n) is 5.62. The van der Waals surface area contributed by atoms with E-state index in [0.29, 0.717) is 12.3 Å². The van der Waals surface area contributed by atoms with Crippen molar-refractivity contribution in [2.45, 2.75) is 142 Å². The third kappa shape index (κ3) is 22.2. The average molecular weight is 418 g/mol. The first-order valence-corrected chi connectivity index (χ1v) is 14.2. The number of rotatable bonds is 23. The Bertz CT molecular complexity index is 395. The van der Waals surface area contributed by atoms with E-state index < -0.39 is 10.0 Å². The van der Waals surface area contributed by atoms with Gasteiger partial charge in [-0.05, 0) is 12.8 Å². The Morgan fingerprint density at radius 1 is 0.464 bits per heavy atom. The minimum atomic E-state index is -3.05. The zero-order valence-electron chi connectivity index (χ0n) is 19.3. The summed E-state index contributed by atoms with van der Waals surface area (Å²) in [4.78, 5) is 0. The van der Waals surface area contributed by atoms with Crippen molar-refractivity contribution in [3.05, 3.63) is 0 Å².